The number of ketones is 2. The fraction of sp³-hybridized carbons (Fsp3) is 0.448. The number of hydrogen-bond acceptors (Lipinski definition) is 15. The number of Topliss-reactive ketones (excluding diaryl/α,β-unsaturated/α-hetero) is 2. The molecule has 23 heteroatoms. The molecule has 22 nitrogen and oxygen atoms in total. The van der Waals surface area contributed by atoms with Crippen LogP contribution in [0.3, 0.4) is 0 Å². The quantitative estimate of drug-likeness (QED) is 0.0238. The van der Waals surface area contributed by atoms with Crippen LogP contribution in [0.1, 0.15) is 123 Å². The monoisotopic (exact) mass is 1120 g/mol. The van der Waals surface area contributed by atoms with Gasteiger partial charge in [-0.2, -0.15) is 0 Å². The third kappa shape index (κ3) is 13.7. The lowest BCUT2D eigenvalue weighted by Crippen LogP contribution is -2.44. The summed E-state index contributed by atoms with van der Waals surface area (Å²) in [5.74, 6) is -5.98. The molecule has 6 N–H and O–H groups in total. The Morgan fingerprint density at radius 2 is 1.58 bits per heavy atom. The number of aromatic nitrogens is 2. The number of benzene rings is 2. The molecule has 0 saturated carbocycles. The number of carbonyl (C=O) groups excluding carboxylic acids is 9. The number of hydrogen-bond donors (Lipinski definition) is 6. The molecule has 5 heterocycles. The first kappa shape index (κ1) is 58.8. The summed E-state index contributed by atoms with van der Waals surface area (Å²) in [7, 11) is 0. The Bertz CT molecular complexity index is 3290. The van der Waals surface area contributed by atoms with Gasteiger partial charge in [0.2, 0.25) is 23.6 Å². The summed E-state index contributed by atoms with van der Waals surface area (Å²) < 4.78 is 22.2. The lowest BCUT2D eigenvalue weighted by Gasteiger charge is -2.31. The van der Waals surface area contributed by atoms with Crippen LogP contribution < -0.4 is 26.8 Å². The number of nitrogens with one attached hydrogen (secondary N) is 4. The number of aryl methyl sites for hydroxylation is 1. The number of ether oxygens (including phenoxy) is 1. The highest BCUT2D eigenvalue weighted by atomic mass is 19.1. The van der Waals surface area contributed by atoms with Crippen LogP contribution in [0.4, 0.5) is 4.39 Å². The normalized spacial score (nSPS) is 17.1. The molecule has 0 saturated heterocycles. The number of halogens is 1. The number of nitrogens with zero attached hydrogens (tertiary/aromatic N) is 4. The fourth-order valence-electron chi connectivity index (χ4n) is 10.9. The van der Waals surface area contributed by atoms with Crippen LogP contribution in [0, 0.1) is 12.7 Å². The molecule has 0 unspecified atom stereocenters. The Morgan fingerprint density at radius 1 is 0.852 bits per heavy atom. The Hall–Kier alpha value is -8.31. The van der Waals surface area contributed by atoms with Crippen LogP contribution in [0.5, 0.6) is 0 Å². The van der Waals surface area contributed by atoms with Gasteiger partial charge in [-0.1, -0.05) is 43.7 Å². The van der Waals surface area contributed by atoms with Crippen molar-refractivity contribution in [3.63, 3.8) is 0 Å². The highest BCUT2D eigenvalue weighted by molar-refractivity contribution is 6.12. The van der Waals surface area contributed by atoms with E-state index < -0.39 is 76.8 Å². The molecule has 4 aromatic rings. The predicted octanol–water partition coefficient (Wildman–Crippen LogP) is 2.55. The summed E-state index contributed by atoms with van der Waals surface area (Å²) in [5, 5.41) is 32.8. The summed E-state index contributed by atoms with van der Waals surface area (Å²) in [6, 6.07) is 10.1. The van der Waals surface area contributed by atoms with Crippen LogP contribution in [-0.4, -0.2) is 134 Å². The Labute approximate surface area is 464 Å². The van der Waals surface area contributed by atoms with E-state index in [1.165, 1.54) is 27.7 Å². The van der Waals surface area contributed by atoms with Crippen molar-refractivity contribution in [1.29, 1.82) is 0 Å². The molecule has 4 aliphatic rings. The van der Waals surface area contributed by atoms with Gasteiger partial charge in [0.25, 0.3) is 17.4 Å². The summed E-state index contributed by atoms with van der Waals surface area (Å²) in [6.07, 6.45) is 3.83. The van der Waals surface area contributed by atoms with E-state index in [4.69, 9.17) is 9.72 Å². The molecular formula is C58H65FN8O14. The maximum absolute atomic E-state index is 15.5. The zero-order chi connectivity index (χ0) is 58.1. The summed E-state index contributed by atoms with van der Waals surface area (Å²) in [4.78, 5) is 148. The van der Waals surface area contributed by atoms with E-state index in [1.807, 2.05) is 0 Å². The second kappa shape index (κ2) is 25.9. The number of imide groups is 1. The van der Waals surface area contributed by atoms with E-state index in [9.17, 15) is 63.0 Å². The third-order valence-corrected chi connectivity index (χ3v) is 15.4. The number of cyclic esters (lactones) is 1. The number of carboxylic acid groups (broad SMARTS) is 1. The highest BCUT2D eigenvalue weighted by Gasteiger charge is 2.46. The average Bonchev–Trinajstić information content (AvgIpc) is 3.15. The van der Waals surface area contributed by atoms with Gasteiger partial charge >= 0.3 is 11.9 Å². The first-order chi connectivity index (χ1) is 38.8. The van der Waals surface area contributed by atoms with Crippen molar-refractivity contribution in [2.45, 2.75) is 128 Å². The fourth-order valence-corrected chi connectivity index (χ4v) is 10.9. The zero-order valence-electron chi connectivity index (χ0n) is 45.2. The zero-order valence-corrected chi connectivity index (χ0v) is 45.2. The van der Waals surface area contributed by atoms with Gasteiger partial charge in [-0.25, -0.2) is 14.2 Å². The van der Waals surface area contributed by atoms with Gasteiger partial charge < -0.3 is 40.8 Å². The molecule has 8 rings (SSSR count). The number of aliphatic hydroxyl groups is 1. The second-order valence-corrected chi connectivity index (χ2v) is 20.8. The lowest BCUT2D eigenvalue weighted by atomic mass is 9.81. The van der Waals surface area contributed by atoms with E-state index in [1.54, 1.807) is 50.2 Å². The van der Waals surface area contributed by atoms with Crippen LogP contribution in [0.15, 0.2) is 59.4 Å². The Kier molecular flexibility index (Phi) is 18.8. The summed E-state index contributed by atoms with van der Waals surface area (Å²) in [5.41, 5.74) is 1.85. The van der Waals surface area contributed by atoms with Gasteiger partial charge in [0.05, 0.1) is 54.2 Å². The molecule has 0 fully saturated rings. The lowest BCUT2D eigenvalue weighted by molar-refractivity contribution is -0.172. The first-order valence-corrected chi connectivity index (χ1v) is 27.3. The molecule has 0 radical (unpaired) electrons. The van der Waals surface area contributed by atoms with Gasteiger partial charge in [0.15, 0.2) is 17.2 Å². The number of rotatable bonds is 28. The van der Waals surface area contributed by atoms with Crippen molar-refractivity contribution >= 4 is 69.9 Å². The molecule has 6 amide bonds. The van der Waals surface area contributed by atoms with E-state index in [0.717, 1.165) is 16.0 Å². The molecule has 428 valence electrons. The van der Waals surface area contributed by atoms with Gasteiger partial charge in [0.1, 0.15) is 12.4 Å². The van der Waals surface area contributed by atoms with E-state index in [-0.39, 0.29) is 126 Å². The van der Waals surface area contributed by atoms with Crippen molar-refractivity contribution in [3.8, 4) is 11.4 Å². The molecule has 81 heavy (non-hydrogen) atoms. The van der Waals surface area contributed by atoms with Crippen LogP contribution in [0.25, 0.3) is 22.3 Å². The number of aliphatic carboxylic acids is 1. The number of unbranched alkanes of at least 4 members (excludes halogenated alkanes) is 2. The van der Waals surface area contributed by atoms with Crippen LogP contribution in [-0.2, 0) is 84.3 Å². The number of fused-ring (bicyclic) bond motifs is 5. The van der Waals surface area contributed by atoms with Crippen molar-refractivity contribution in [2.75, 3.05) is 39.3 Å². The molecular weight excluding hydrogens is 1050 g/mol. The minimum Gasteiger partial charge on any atom is -0.480 e. The molecule has 3 atom stereocenters. The SMILES string of the molecule is CC[C@@]1(O)C(=O)OCc2c1cc1n(c2=O)Cc2c-1nc1cc(F)c(C)c3c1c2[C@@H](NC(=O)CCN(CCNC(=O)CCC(=O)[C@H](Cc1ccccc1)NC(=O)CCC(=O)CNC(=O)CCCCCN1C(=O)C=CC1=O)CC(=O)O)CC3. The second-order valence-electron chi connectivity index (χ2n) is 20.8. The maximum atomic E-state index is 15.5. The molecule has 1 aliphatic carbocycles. The Balaban J connectivity index is 0.815. The van der Waals surface area contributed by atoms with Gasteiger partial charge in [-0.3, -0.25) is 57.7 Å². The average molecular weight is 1120 g/mol. The number of esters is 1. The number of carboxylic acids is 1. The molecule has 0 bridgehead atoms. The molecule has 0 spiro atoms. The largest absolute Gasteiger partial charge is 0.480 e. The van der Waals surface area contributed by atoms with Gasteiger partial charge in [-0.05, 0) is 73.8 Å². The van der Waals surface area contributed by atoms with Crippen LogP contribution >= 0.6 is 0 Å². The maximum Gasteiger partial charge on any atom is 0.343 e. The molecule has 3 aliphatic heterocycles. The Morgan fingerprint density at radius 3 is 2.31 bits per heavy atom. The van der Waals surface area contributed by atoms with Crippen molar-refractivity contribution < 1.29 is 67.3 Å². The highest BCUT2D eigenvalue weighted by Crippen LogP contribution is 2.46. The topological polar surface area (TPSA) is 310 Å². The minimum absolute atomic E-state index is 0.0205. The van der Waals surface area contributed by atoms with Crippen LogP contribution in [0.2, 0.25) is 0 Å². The van der Waals surface area contributed by atoms with Crippen molar-refractivity contribution in [1.82, 2.24) is 40.6 Å². The summed E-state index contributed by atoms with van der Waals surface area (Å²) in [6.45, 7) is 2.46. The summed E-state index contributed by atoms with van der Waals surface area (Å²) >= 11 is 0. The van der Waals surface area contributed by atoms with Crippen molar-refractivity contribution in [3.05, 3.63) is 110 Å². The molecule has 2 aromatic heterocycles. The third-order valence-electron chi connectivity index (χ3n) is 15.4. The standard InChI is InChI=1S/C58H65FN8O14/c1-3-58(80)39-27-44-55-37(30-67(44)56(78)38(39)32-81-57(58)79)54-41(15-14-36-33(2)40(59)28-43(64-55)53(36)54)62-49(73)21-24-65(31-52(76)77)25-22-60-47(71)18-16-45(69)42(26-34-10-6-4-7-11-34)63-48(72)17-13-35(68)29-61-46(70)12-8-5-9-23-66-50(74)19-20-51(66)75/h4,6-7,10-11,19-20,27-28,41-42,80H,3,5,8-9,12-18,21-26,29-32H2,1-2H3,(H,60,71)(H,61,70)(H,62,73)(H,63,72)(H,76,77)/t41-,42-,58-/m0/s1. The van der Waals surface area contributed by atoms with Crippen molar-refractivity contribution in [2.24, 2.45) is 0 Å². The predicted molar refractivity (Wildman–Crippen MR) is 288 cm³/mol. The van der Waals surface area contributed by atoms with E-state index >= 15 is 4.39 Å². The van der Waals surface area contributed by atoms with E-state index in [0.29, 0.717) is 71.1 Å². The number of pyridine rings is 2. The molecule has 2 aromatic carbocycles. The van der Waals surface area contributed by atoms with E-state index in [2.05, 4.69) is 21.3 Å². The minimum atomic E-state index is -2.06. The van der Waals surface area contributed by atoms with Gasteiger partial charge in [0, 0.05) is 99.4 Å². The first-order valence-electron chi connectivity index (χ1n) is 27.3. The number of amides is 6. The smallest absolute Gasteiger partial charge is 0.343 e. The number of carbonyl (C=O) groups is 10. The van der Waals surface area contributed by atoms with Gasteiger partial charge in [-0.15, -0.1) is 0 Å².